The number of nitrogens with two attached hydrogens (primary N) is 1. The Morgan fingerprint density at radius 3 is 2.53 bits per heavy atom. The first-order valence-corrected chi connectivity index (χ1v) is 5.74. The molecule has 0 heterocycles. The molecule has 3 nitrogen and oxygen atoms in total. The van der Waals surface area contributed by atoms with Crippen LogP contribution in [0.3, 0.4) is 0 Å². The van der Waals surface area contributed by atoms with Gasteiger partial charge in [0.25, 0.3) is 0 Å². The van der Waals surface area contributed by atoms with Crippen LogP contribution in [0.4, 0.5) is 4.39 Å². The summed E-state index contributed by atoms with van der Waals surface area (Å²) in [6.07, 6.45) is 0.650. The zero-order valence-electron chi connectivity index (χ0n) is 10.2. The Bertz CT molecular complexity index is 399. The summed E-state index contributed by atoms with van der Waals surface area (Å²) in [6, 6.07) is 1.41. The molecule has 17 heavy (non-hydrogen) atoms. The number of halogens is 2. The second-order valence-electron chi connectivity index (χ2n) is 3.80. The summed E-state index contributed by atoms with van der Waals surface area (Å²) < 4.78 is 24.4. The number of benzene rings is 1. The maximum Gasteiger partial charge on any atom is 0.167 e. The van der Waals surface area contributed by atoms with Crippen LogP contribution in [-0.2, 0) is 0 Å². The van der Waals surface area contributed by atoms with Gasteiger partial charge in [0.1, 0.15) is 5.82 Å². The number of hydrogen-bond donors (Lipinski definition) is 1. The highest BCUT2D eigenvalue weighted by molar-refractivity contribution is 6.31. The van der Waals surface area contributed by atoms with Gasteiger partial charge < -0.3 is 15.2 Å². The van der Waals surface area contributed by atoms with E-state index in [-0.39, 0.29) is 10.9 Å². The lowest BCUT2D eigenvalue weighted by Crippen LogP contribution is -2.09. The van der Waals surface area contributed by atoms with E-state index >= 15 is 0 Å². The second-order valence-corrected chi connectivity index (χ2v) is 4.21. The lowest BCUT2D eigenvalue weighted by Gasteiger charge is -2.19. The lowest BCUT2D eigenvalue weighted by atomic mass is 9.95. The first kappa shape index (κ1) is 14.1. The number of rotatable bonds is 5. The number of ether oxygens (including phenoxy) is 2. The van der Waals surface area contributed by atoms with Crippen molar-refractivity contribution in [3.8, 4) is 11.5 Å². The molecule has 1 aromatic carbocycles. The van der Waals surface area contributed by atoms with Crippen molar-refractivity contribution in [2.75, 3.05) is 20.8 Å². The summed E-state index contributed by atoms with van der Waals surface area (Å²) in [6.45, 7) is 2.35. The van der Waals surface area contributed by atoms with E-state index in [1.807, 2.05) is 6.92 Å². The maximum absolute atomic E-state index is 14.0. The van der Waals surface area contributed by atoms with Crippen LogP contribution in [0, 0.1) is 5.82 Å². The van der Waals surface area contributed by atoms with Crippen LogP contribution in [0.1, 0.15) is 24.8 Å². The molecule has 0 amide bonds. The van der Waals surface area contributed by atoms with Gasteiger partial charge in [0.15, 0.2) is 11.5 Å². The summed E-state index contributed by atoms with van der Waals surface area (Å²) in [4.78, 5) is 0. The summed E-state index contributed by atoms with van der Waals surface area (Å²) in [7, 11) is 2.97. The molecular weight excluding hydrogens is 245 g/mol. The predicted molar refractivity (Wildman–Crippen MR) is 66.6 cm³/mol. The zero-order valence-corrected chi connectivity index (χ0v) is 11.0. The third-order valence-electron chi connectivity index (χ3n) is 2.69. The molecule has 0 fully saturated rings. The van der Waals surface area contributed by atoms with Crippen molar-refractivity contribution in [1.82, 2.24) is 0 Å². The molecule has 0 aliphatic rings. The summed E-state index contributed by atoms with van der Waals surface area (Å²) in [5, 5.41) is 0.0292. The SMILES string of the molecule is COc1cc(Cl)c(F)c(C(C)CCN)c1OC. The Balaban J connectivity index is 3.37. The van der Waals surface area contributed by atoms with E-state index < -0.39 is 5.82 Å². The molecule has 0 saturated carbocycles. The second kappa shape index (κ2) is 6.07. The van der Waals surface area contributed by atoms with E-state index in [9.17, 15) is 4.39 Å². The fraction of sp³-hybridized carbons (Fsp3) is 0.500. The monoisotopic (exact) mass is 261 g/mol. The minimum atomic E-state index is -0.467. The van der Waals surface area contributed by atoms with Gasteiger partial charge in [-0.1, -0.05) is 18.5 Å². The standard InChI is InChI=1S/C12H17ClFNO2/c1-7(4-5-15)10-11(14)8(13)6-9(16-2)12(10)17-3/h6-7H,4-5,15H2,1-3H3. The molecule has 1 rings (SSSR count). The van der Waals surface area contributed by atoms with E-state index in [2.05, 4.69) is 0 Å². The molecule has 0 radical (unpaired) electrons. The molecule has 0 spiro atoms. The average molecular weight is 262 g/mol. The van der Waals surface area contributed by atoms with E-state index in [1.54, 1.807) is 0 Å². The van der Waals surface area contributed by atoms with Crippen molar-refractivity contribution < 1.29 is 13.9 Å². The average Bonchev–Trinajstić information content (AvgIpc) is 2.31. The van der Waals surface area contributed by atoms with Crippen molar-refractivity contribution in [2.45, 2.75) is 19.3 Å². The van der Waals surface area contributed by atoms with Gasteiger partial charge >= 0.3 is 0 Å². The highest BCUT2D eigenvalue weighted by atomic mass is 35.5. The van der Waals surface area contributed by atoms with E-state index in [0.717, 1.165) is 0 Å². The smallest absolute Gasteiger partial charge is 0.167 e. The number of methoxy groups -OCH3 is 2. The molecule has 0 saturated heterocycles. The van der Waals surface area contributed by atoms with Crippen molar-refractivity contribution in [3.63, 3.8) is 0 Å². The Hall–Kier alpha value is -1.00. The van der Waals surface area contributed by atoms with Crippen LogP contribution in [0.25, 0.3) is 0 Å². The molecule has 0 aliphatic heterocycles. The van der Waals surface area contributed by atoms with Crippen LogP contribution >= 0.6 is 11.6 Å². The molecule has 2 N–H and O–H groups in total. The molecule has 0 aliphatic carbocycles. The number of hydrogen-bond acceptors (Lipinski definition) is 3. The first-order valence-electron chi connectivity index (χ1n) is 5.36. The summed E-state index contributed by atoms with van der Waals surface area (Å²) in [5.41, 5.74) is 5.91. The van der Waals surface area contributed by atoms with Crippen LogP contribution < -0.4 is 15.2 Å². The van der Waals surface area contributed by atoms with Crippen molar-refractivity contribution >= 4 is 11.6 Å². The van der Waals surface area contributed by atoms with Gasteiger partial charge in [-0.3, -0.25) is 0 Å². The Kier molecular flexibility index (Phi) is 5.02. The van der Waals surface area contributed by atoms with Gasteiger partial charge in [0.2, 0.25) is 0 Å². The maximum atomic E-state index is 14.0. The van der Waals surface area contributed by atoms with Gasteiger partial charge in [0.05, 0.1) is 19.2 Å². The van der Waals surface area contributed by atoms with Crippen LogP contribution in [-0.4, -0.2) is 20.8 Å². The van der Waals surface area contributed by atoms with Gasteiger partial charge in [-0.25, -0.2) is 4.39 Å². The Labute approximate surface area is 106 Å². The minimum absolute atomic E-state index is 0.0292. The normalized spacial score (nSPS) is 12.4. The third-order valence-corrected chi connectivity index (χ3v) is 2.96. The van der Waals surface area contributed by atoms with Crippen molar-refractivity contribution in [1.29, 1.82) is 0 Å². The summed E-state index contributed by atoms with van der Waals surface area (Å²) >= 11 is 5.83. The largest absolute Gasteiger partial charge is 0.493 e. The van der Waals surface area contributed by atoms with Gasteiger partial charge in [-0.15, -0.1) is 0 Å². The highest BCUT2D eigenvalue weighted by Gasteiger charge is 2.23. The molecule has 1 atom stereocenters. The topological polar surface area (TPSA) is 44.5 Å². The van der Waals surface area contributed by atoms with Gasteiger partial charge in [-0.05, 0) is 18.9 Å². The van der Waals surface area contributed by atoms with E-state index in [1.165, 1.54) is 20.3 Å². The van der Waals surface area contributed by atoms with Crippen molar-refractivity contribution in [2.24, 2.45) is 5.73 Å². The van der Waals surface area contributed by atoms with Crippen LogP contribution in [0.5, 0.6) is 11.5 Å². The zero-order chi connectivity index (χ0) is 13.0. The minimum Gasteiger partial charge on any atom is -0.493 e. The van der Waals surface area contributed by atoms with Crippen molar-refractivity contribution in [3.05, 3.63) is 22.5 Å². The molecule has 96 valence electrons. The molecule has 0 bridgehead atoms. The van der Waals surface area contributed by atoms with Crippen LogP contribution in [0.2, 0.25) is 5.02 Å². The fourth-order valence-electron chi connectivity index (χ4n) is 1.80. The molecule has 1 aromatic rings. The fourth-order valence-corrected chi connectivity index (χ4v) is 2.00. The first-order chi connectivity index (χ1) is 8.06. The Morgan fingerprint density at radius 1 is 1.41 bits per heavy atom. The van der Waals surface area contributed by atoms with E-state index in [4.69, 9.17) is 26.8 Å². The summed E-state index contributed by atoms with van der Waals surface area (Å²) in [5.74, 6) is 0.265. The van der Waals surface area contributed by atoms with Gasteiger partial charge in [-0.2, -0.15) is 0 Å². The predicted octanol–water partition coefficient (Wildman–Crippen LogP) is 2.95. The van der Waals surface area contributed by atoms with Gasteiger partial charge in [0, 0.05) is 11.6 Å². The molecule has 0 aromatic heterocycles. The molecular formula is C12H17ClFNO2. The highest BCUT2D eigenvalue weighted by Crippen LogP contribution is 2.41. The lowest BCUT2D eigenvalue weighted by molar-refractivity contribution is 0.345. The van der Waals surface area contributed by atoms with E-state index in [0.29, 0.717) is 30.0 Å². The quantitative estimate of drug-likeness (QED) is 0.886. The van der Waals surface area contributed by atoms with Crippen LogP contribution in [0.15, 0.2) is 6.07 Å². The molecule has 5 heteroatoms. The Morgan fingerprint density at radius 2 is 2.06 bits per heavy atom. The molecule has 1 unspecified atom stereocenters. The third kappa shape index (κ3) is 2.82.